The smallest absolute Gasteiger partial charge is 0.150 e. The van der Waals surface area contributed by atoms with Gasteiger partial charge in [-0.2, -0.15) is 0 Å². The SMILES string of the molecule is CC.NC1CCC(c2c(-c3ccc(F)cc3)[nH]c3c(F)cc(F)cc23)CC1. The summed E-state index contributed by atoms with van der Waals surface area (Å²) in [6.07, 6.45) is 3.52. The topological polar surface area (TPSA) is 41.8 Å². The zero-order valence-electron chi connectivity index (χ0n) is 15.7. The molecule has 144 valence electrons. The van der Waals surface area contributed by atoms with Crippen LogP contribution in [0.5, 0.6) is 0 Å². The molecule has 1 aliphatic rings. The summed E-state index contributed by atoms with van der Waals surface area (Å²) < 4.78 is 41.4. The maximum absolute atomic E-state index is 14.3. The zero-order valence-corrected chi connectivity index (χ0v) is 15.7. The van der Waals surface area contributed by atoms with Crippen molar-refractivity contribution in [3.63, 3.8) is 0 Å². The number of hydrogen-bond acceptors (Lipinski definition) is 1. The first-order chi connectivity index (χ1) is 13.0. The minimum atomic E-state index is -0.614. The van der Waals surface area contributed by atoms with Crippen LogP contribution in [0.4, 0.5) is 13.2 Å². The van der Waals surface area contributed by atoms with Crippen LogP contribution in [-0.4, -0.2) is 11.0 Å². The van der Waals surface area contributed by atoms with Crippen molar-refractivity contribution in [3.8, 4) is 11.3 Å². The van der Waals surface area contributed by atoms with Gasteiger partial charge in [-0.3, -0.25) is 0 Å². The van der Waals surface area contributed by atoms with Crippen LogP contribution in [-0.2, 0) is 0 Å². The molecule has 5 heteroatoms. The first-order valence-electron chi connectivity index (χ1n) is 9.55. The predicted molar refractivity (Wildman–Crippen MR) is 104 cm³/mol. The molecule has 27 heavy (non-hydrogen) atoms. The molecule has 1 fully saturated rings. The van der Waals surface area contributed by atoms with Crippen molar-refractivity contribution in [2.24, 2.45) is 5.73 Å². The molecule has 4 rings (SSSR count). The summed E-state index contributed by atoms with van der Waals surface area (Å²) in [7, 11) is 0. The van der Waals surface area contributed by atoms with E-state index in [0.29, 0.717) is 10.9 Å². The summed E-state index contributed by atoms with van der Waals surface area (Å²) in [4.78, 5) is 3.11. The van der Waals surface area contributed by atoms with E-state index in [0.717, 1.165) is 48.6 Å². The summed E-state index contributed by atoms with van der Waals surface area (Å²) in [6.45, 7) is 4.00. The lowest BCUT2D eigenvalue weighted by Gasteiger charge is -2.27. The molecule has 2 aromatic carbocycles. The van der Waals surface area contributed by atoms with Crippen molar-refractivity contribution < 1.29 is 13.2 Å². The molecule has 0 bridgehead atoms. The summed E-state index contributed by atoms with van der Waals surface area (Å²) in [5, 5.41) is 0.567. The Hall–Kier alpha value is -2.27. The van der Waals surface area contributed by atoms with Gasteiger partial charge in [0.1, 0.15) is 17.5 Å². The Bertz CT molecular complexity index is 907. The predicted octanol–water partition coefficient (Wildman–Crippen LogP) is 6.26. The Morgan fingerprint density at radius 2 is 1.52 bits per heavy atom. The summed E-state index contributed by atoms with van der Waals surface area (Å²) >= 11 is 0. The van der Waals surface area contributed by atoms with Gasteiger partial charge in [0.05, 0.1) is 11.2 Å². The van der Waals surface area contributed by atoms with E-state index in [9.17, 15) is 13.2 Å². The fourth-order valence-corrected chi connectivity index (χ4v) is 3.92. The molecule has 1 saturated carbocycles. The number of halogens is 3. The second-order valence-electron chi connectivity index (χ2n) is 6.84. The molecule has 2 nitrogen and oxygen atoms in total. The van der Waals surface area contributed by atoms with E-state index >= 15 is 0 Å². The standard InChI is InChI=1S/C20H19F3N2.C2H6/c21-13-5-1-12(2-6-13)19-18(11-3-7-15(24)8-4-11)16-9-14(22)10-17(23)20(16)25-19;1-2/h1-2,5-6,9-11,15,25H,3-4,7-8,24H2;1-2H3. The highest BCUT2D eigenvalue weighted by atomic mass is 19.1. The third-order valence-electron chi connectivity index (χ3n) is 5.18. The molecule has 1 heterocycles. The Balaban J connectivity index is 0.00000102. The number of hydrogen-bond donors (Lipinski definition) is 2. The fraction of sp³-hybridized carbons (Fsp3) is 0.364. The van der Waals surface area contributed by atoms with Gasteiger partial charge in [-0.15, -0.1) is 0 Å². The van der Waals surface area contributed by atoms with Gasteiger partial charge in [0.15, 0.2) is 0 Å². The van der Waals surface area contributed by atoms with Crippen molar-refractivity contribution in [2.45, 2.75) is 51.5 Å². The minimum absolute atomic E-state index is 0.176. The number of rotatable bonds is 2. The lowest BCUT2D eigenvalue weighted by atomic mass is 9.80. The largest absolute Gasteiger partial charge is 0.352 e. The van der Waals surface area contributed by atoms with Gasteiger partial charge >= 0.3 is 0 Å². The molecule has 0 radical (unpaired) electrons. The van der Waals surface area contributed by atoms with Crippen LogP contribution in [0.25, 0.3) is 22.2 Å². The van der Waals surface area contributed by atoms with Gasteiger partial charge in [0, 0.05) is 17.5 Å². The Labute approximate surface area is 157 Å². The molecule has 0 spiro atoms. The van der Waals surface area contributed by atoms with E-state index in [-0.39, 0.29) is 17.8 Å². The fourth-order valence-electron chi connectivity index (χ4n) is 3.92. The average Bonchev–Trinajstić information content (AvgIpc) is 3.04. The number of benzene rings is 2. The monoisotopic (exact) mass is 374 g/mol. The maximum atomic E-state index is 14.3. The lowest BCUT2D eigenvalue weighted by Crippen LogP contribution is -2.25. The van der Waals surface area contributed by atoms with E-state index < -0.39 is 11.6 Å². The highest BCUT2D eigenvalue weighted by Gasteiger charge is 2.27. The Kier molecular flexibility index (Phi) is 5.90. The number of fused-ring (bicyclic) bond motifs is 1. The van der Waals surface area contributed by atoms with Crippen molar-refractivity contribution in [1.29, 1.82) is 0 Å². The van der Waals surface area contributed by atoms with Crippen LogP contribution in [0.2, 0.25) is 0 Å². The molecule has 0 saturated heterocycles. The first-order valence-corrected chi connectivity index (χ1v) is 9.55. The Morgan fingerprint density at radius 3 is 2.15 bits per heavy atom. The molecular weight excluding hydrogens is 349 g/mol. The Morgan fingerprint density at radius 1 is 0.889 bits per heavy atom. The van der Waals surface area contributed by atoms with Gasteiger partial charge in [0.2, 0.25) is 0 Å². The first kappa shape index (κ1) is 19.5. The molecule has 3 aromatic rings. The van der Waals surface area contributed by atoms with Gasteiger partial charge in [-0.05, 0) is 73.1 Å². The highest BCUT2D eigenvalue weighted by molar-refractivity contribution is 5.92. The summed E-state index contributed by atoms with van der Waals surface area (Å²) in [5.74, 6) is -1.36. The molecule has 1 aliphatic carbocycles. The number of aromatic amines is 1. The molecule has 1 aromatic heterocycles. The maximum Gasteiger partial charge on any atom is 0.150 e. The van der Waals surface area contributed by atoms with Crippen molar-refractivity contribution in [3.05, 3.63) is 59.4 Å². The van der Waals surface area contributed by atoms with Crippen LogP contribution in [0.15, 0.2) is 36.4 Å². The summed E-state index contributed by atoms with van der Waals surface area (Å²) in [6, 6.07) is 8.51. The van der Waals surface area contributed by atoms with Gasteiger partial charge in [0.25, 0.3) is 0 Å². The summed E-state index contributed by atoms with van der Waals surface area (Å²) in [5.41, 5.74) is 8.72. The van der Waals surface area contributed by atoms with Crippen molar-refractivity contribution in [1.82, 2.24) is 4.98 Å². The minimum Gasteiger partial charge on any atom is -0.352 e. The molecule has 0 unspecified atom stereocenters. The lowest BCUT2D eigenvalue weighted by molar-refractivity contribution is 0.397. The van der Waals surface area contributed by atoms with Crippen LogP contribution >= 0.6 is 0 Å². The van der Waals surface area contributed by atoms with E-state index in [1.165, 1.54) is 18.2 Å². The average molecular weight is 374 g/mol. The van der Waals surface area contributed by atoms with Gasteiger partial charge < -0.3 is 10.7 Å². The van der Waals surface area contributed by atoms with Crippen LogP contribution in [0.1, 0.15) is 51.0 Å². The molecular formula is C22H25F3N2. The number of H-pyrrole nitrogens is 1. The highest BCUT2D eigenvalue weighted by Crippen LogP contribution is 2.42. The normalized spacial score (nSPS) is 19.6. The van der Waals surface area contributed by atoms with E-state index in [1.807, 2.05) is 13.8 Å². The van der Waals surface area contributed by atoms with E-state index in [1.54, 1.807) is 12.1 Å². The second kappa shape index (κ2) is 8.17. The second-order valence-corrected chi connectivity index (χ2v) is 6.84. The number of nitrogens with one attached hydrogen (secondary N) is 1. The third kappa shape index (κ3) is 3.88. The van der Waals surface area contributed by atoms with Crippen molar-refractivity contribution in [2.75, 3.05) is 0 Å². The number of aromatic nitrogens is 1. The molecule has 0 aliphatic heterocycles. The van der Waals surface area contributed by atoms with Crippen LogP contribution < -0.4 is 5.73 Å². The quantitative estimate of drug-likeness (QED) is 0.546. The third-order valence-corrected chi connectivity index (χ3v) is 5.18. The van der Waals surface area contributed by atoms with Crippen LogP contribution in [0.3, 0.4) is 0 Å². The van der Waals surface area contributed by atoms with Crippen molar-refractivity contribution >= 4 is 10.9 Å². The number of nitrogens with two attached hydrogens (primary N) is 1. The van der Waals surface area contributed by atoms with E-state index in [2.05, 4.69) is 4.98 Å². The van der Waals surface area contributed by atoms with Gasteiger partial charge in [-0.25, -0.2) is 13.2 Å². The molecule has 3 N–H and O–H groups in total. The molecule has 0 amide bonds. The van der Waals surface area contributed by atoms with Crippen LogP contribution in [0, 0.1) is 17.5 Å². The zero-order chi connectivity index (χ0) is 19.6. The molecule has 0 atom stereocenters. The van der Waals surface area contributed by atoms with E-state index in [4.69, 9.17) is 5.73 Å². The van der Waals surface area contributed by atoms with Gasteiger partial charge in [-0.1, -0.05) is 13.8 Å².